The van der Waals surface area contributed by atoms with Gasteiger partial charge in [-0.3, -0.25) is 0 Å². The van der Waals surface area contributed by atoms with Crippen molar-refractivity contribution in [2.75, 3.05) is 0 Å². The van der Waals surface area contributed by atoms with E-state index >= 15 is 0 Å². The number of fused-ring (bicyclic) bond motifs is 6. The Bertz CT molecular complexity index is 1910. The van der Waals surface area contributed by atoms with Crippen LogP contribution in [0.15, 0.2) is 54.6 Å². The Kier molecular flexibility index (Phi) is 5.01. The summed E-state index contributed by atoms with van der Waals surface area (Å²) in [6.45, 7) is 0. The highest BCUT2D eigenvalue weighted by atomic mass is 35.5. The molecule has 2 fully saturated rings. The lowest BCUT2D eigenvalue weighted by atomic mass is 9.92. The molecule has 2 N–H and O–H groups in total. The topological polar surface area (TPSA) is 96.5 Å². The molecular formula is C32H21ClN4O. The molecule has 4 aromatic carbocycles. The summed E-state index contributed by atoms with van der Waals surface area (Å²) in [7, 11) is 0. The standard InChI is InChI=1S/C32H21ClN4O/c33-23-9-11-25-27(15-23)26-14-18(12-13-32(38,21-5-6-21)22-7-8-22)4-10-24(26)29-30(25)37-31(36-29)28-19(16-34)2-1-3-20(28)17-35/h1-4,9-11,14-15,21-22,38H,5-8H2,(H,36,37). The summed E-state index contributed by atoms with van der Waals surface area (Å²) in [6.07, 6.45) is 4.19. The molecule has 0 spiro atoms. The molecule has 2 aliphatic carbocycles. The van der Waals surface area contributed by atoms with E-state index < -0.39 is 5.60 Å². The fraction of sp³-hybridized carbons (Fsp3) is 0.219. The Morgan fingerprint density at radius 2 is 1.53 bits per heavy atom. The molecule has 6 heteroatoms. The van der Waals surface area contributed by atoms with Crippen molar-refractivity contribution in [3.63, 3.8) is 0 Å². The van der Waals surface area contributed by atoms with E-state index in [1.165, 1.54) is 0 Å². The third-order valence-electron chi connectivity index (χ3n) is 7.87. The summed E-state index contributed by atoms with van der Waals surface area (Å²) in [6, 6.07) is 21.2. The summed E-state index contributed by atoms with van der Waals surface area (Å²) in [5, 5.41) is 35.1. The van der Waals surface area contributed by atoms with Crippen molar-refractivity contribution < 1.29 is 5.11 Å². The number of nitrogens with one attached hydrogen (secondary N) is 1. The van der Waals surface area contributed by atoms with Crippen molar-refractivity contribution in [2.45, 2.75) is 31.3 Å². The summed E-state index contributed by atoms with van der Waals surface area (Å²) >= 11 is 6.43. The van der Waals surface area contributed by atoms with Crippen LogP contribution in [0.5, 0.6) is 0 Å². The number of halogens is 1. The van der Waals surface area contributed by atoms with Crippen LogP contribution in [-0.4, -0.2) is 20.7 Å². The van der Waals surface area contributed by atoms with E-state index in [1.54, 1.807) is 18.2 Å². The molecule has 1 heterocycles. The quantitative estimate of drug-likeness (QED) is 0.204. The van der Waals surface area contributed by atoms with Crippen LogP contribution in [0.3, 0.4) is 0 Å². The van der Waals surface area contributed by atoms with E-state index in [-0.39, 0.29) is 0 Å². The predicted molar refractivity (Wildman–Crippen MR) is 148 cm³/mol. The zero-order chi connectivity index (χ0) is 26.0. The van der Waals surface area contributed by atoms with Crippen LogP contribution in [0.25, 0.3) is 44.0 Å². The van der Waals surface area contributed by atoms with Gasteiger partial charge in [-0.1, -0.05) is 41.6 Å². The molecule has 0 atom stereocenters. The van der Waals surface area contributed by atoms with Gasteiger partial charge in [0.2, 0.25) is 0 Å². The number of hydrogen-bond donors (Lipinski definition) is 2. The average molecular weight is 513 g/mol. The third kappa shape index (κ3) is 3.54. The smallest absolute Gasteiger partial charge is 0.141 e. The lowest BCUT2D eigenvalue weighted by molar-refractivity contribution is 0.0547. The molecule has 38 heavy (non-hydrogen) atoms. The van der Waals surface area contributed by atoms with E-state index in [9.17, 15) is 15.6 Å². The second kappa shape index (κ2) is 8.34. The van der Waals surface area contributed by atoms with Gasteiger partial charge in [0, 0.05) is 21.4 Å². The van der Waals surface area contributed by atoms with Crippen molar-refractivity contribution in [1.82, 2.24) is 9.97 Å². The number of hydrogen-bond acceptors (Lipinski definition) is 4. The zero-order valence-corrected chi connectivity index (χ0v) is 21.1. The second-order valence-corrected chi connectivity index (χ2v) is 10.8. The number of aromatic amines is 1. The normalized spacial score (nSPS) is 15.3. The molecule has 2 aliphatic rings. The molecule has 182 valence electrons. The maximum Gasteiger partial charge on any atom is 0.141 e. The summed E-state index contributed by atoms with van der Waals surface area (Å²) in [5.74, 6) is 7.58. The molecular weight excluding hydrogens is 492 g/mol. The van der Waals surface area contributed by atoms with Crippen LogP contribution in [0.1, 0.15) is 42.4 Å². The third-order valence-corrected chi connectivity index (χ3v) is 8.10. The van der Waals surface area contributed by atoms with Crippen LogP contribution in [0, 0.1) is 46.3 Å². The fourth-order valence-electron chi connectivity index (χ4n) is 5.64. The number of imidazole rings is 1. The highest BCUT2D eigenvalue weighted by Gasteiger charge is 2.52. The largest absolute Gasteiger partial charge is 0.377 e. The van der Waals surface area contributed by atoms with Crippen molar-refractivity contribution in [3.05, 3.63) is 76.3 Å². The van der Waals surface area contributed by atoms with Gasteiger partial charge in [-0.25, -0.2) is 4.98 Å². The van der Waals surface area contributed by atoms with Crippen LogP contribution >= 0.6 is 11.6 Å². The Morgan fingerprint density at radius 1 is 0.868 bits per heavy atom. The highest BCUT2D eigenvalue weighted by Crippen LogP contribution is 2.51. The van der Waals surface area contributed by atoms with Gasteiger partial charge < -0.3 is 10.1 Å². The van der Waals surface area contributed by atoms with E-state index in [0.717, 1.165) is 63.8 Å². The number of rotatable bonds is 3. The molecule has 5 aromatic rings. The van der Waals surface area contributed by atoms with Crippen molar-refractivity contribution >= 4 is 44.2 Å². The molecule has 0 amide bonds. The molecule has 2 saturated carbocycles. The number of aliphatic hydroxyl groups is 1. The van der Waals surface area contributed by atoms with Crippen molar-refractivity contribution in [1.29, 1.82) is 10.5 Å². The van der Waals surface area contributed by atoms with Crippen LogP contribution in [-0.2, 0) is 0 Å². The highest BCUT2D eigenvalue weighted by molar-refractivity contribution is 6.33. The Labute approximate surface area is 224 Å². The van der Waals surface area contributed by atoms with Crippen molar-refractivity contribution in [3.8, 4) is 35.4 Å². The monoisotopic (exact) mass is 512 g/mol. The van der Waals surface area contributed by atoms with E-state index in [1.807, 2.05) is 36.4 Å². The van der Waals surface area contributed by atoms with Gasteiger partial charge in [-0.05, 0) is 84.7 Å². The molecule has 0 unspecified atom stereocenters. The summed E-state index contributed by atoms with van der Waals surface area (Å²) < 4.78 is 0. The predicted octanol–water partition coefficient (Wildman–Crippen LogP) is 6.84. The van der Waals surface area contributed by atoms with Gasteiger partial charge in [0.25, 0.3) is 0 Å². The summed E-state index contributed by atoms with van der Waals surface area (Å²) in [5.41, 5.74) is 2.77. The minimum Gasteiger partial charge on any atom is -0.377 e. The number of aromatic nitrogens is 2. The Hall–Kier alpha value is -4.34. The molecule has 1 aromatic heterocycles. The number of benzene rings is 4. The first-order chi connectivity index (χ1) is 18.5. The van der Waals surface area contributed by atoms with Gasteiger partial charge in [0.15, 0.2) is 0 Å². The first kappa shape index (κ1) is 22.8. The molecule has 0 saturated heterocycles. The van der Waals surface area contributed by atoms with Crippen LogP contribution in [0.4, 0.5) is 0 Å². The molecule has 0 aliphatic heterocycles. The second-order valence-electron chi connectivity index (χ2n) is 10.3. The van der Waals surface area contributed by atoms with E-state index in [4.69, 9.17) is 16.6 Å². The minimum absolute atomic E-state index is 0.292. The Morgan fingerprint density at radius 3 is 2.18 bits per heavy atom. The minimum atomic E-state index is -0.880. The van der Waals surface area contributed by atoms with Gasteiger partial charge in [0.05, 0.1) is 39.9 Å². The number of nitriles is 2. The van der Waals surface area contributed by atoms with Crippen molar-refractivity contribution in [2.24, 2.45) is 11.8 Å². The zero-order valence-electron chi connectivity index (χ0n) is 20.3. The first-order valence-corrected chi connectivity index (χ1v) is 13.1. The lowest BCUT2D eigenvalue weighted by Crippen LogP contribution is -2.32. The maximum absolute atomic E-state index is 11.3. The summed E-state index contributed by atoms with van der Waals surface area (Å²) in [4.78, 5) is 8.30. The van der Waals surface area contributed by atoms with Gasteiger partial charge in [-0.15, -0.1) is 0 Å². The molecule has 5 nitrogen and oxygen atoms in total. The van der Waals surface area contributed by atoms with Crippen LogP contribution < -0.4 is 0 Å². The average Bonchev–Trinajstić information content (AvgIpc) is 3.88. The molecule has 0 radical (unpaired) electrons. The fourth-order valence-corrected chi connectivity index (χ4v) is 5.81. The first-order valence-electron chi connectivity index (χ1n) is 12.7. The number of nitrogens with zero attached hydrogens (tertiary/aromatic N) is 3. The maximum atomic E-state index is 11.3. The van der Waals surface area contributed by atoms with E-state index in [2.05, 4.69) is 29.0 Å². The lowest BCUT2D eigenvalue weighted by Gasteiger charge is -2.21. The molecule has 0 bridgehead atoms. The van der Waals surface area contributed by atoms with Gasteiger partial charge in [0.1, 0.15) is 11.4 Å². The van der Waals surface area contributed by atoms with Gasteiger partial charge >= 0.3 is 0 Å². The van der Waals surface area contributed by atoms with Gasteiger partial charge in [-0.2, -0.15) is 10.5 Å². The SMILES string of the molecule is N#Cc1cccc(C#N)c1-c1nc2c3ccc(Cl)cc3c3cc(C#CC(O)(C4CC4)C4CC4)ccc3c2[nH]1. The van der Waals surface area contributed by atoms with E-state index in [0.29, 0.717) is 39.4 Å². The Balaban J connectivity index is 1.47. The van der Waals surface area contributed by atoms with Crippen LogP contribution in [0.2, 0.25) is 5.02 Å². The number of H-pyrrole nitrogens is 1. The molecule has 7 rings (SSSR count).